The normalized spacial score (nSPS) is 21.9. The Morgan fingerprint density at radius 3 is 2.78 bits per heavy atom. The first-order chi connectivity index (χ1) is 8.42. The van der Waals surface area contributed by atoms with Crippen LogP contribution in [0.2, 0.25) is 0 Å². The summed E-state index contributed by atoms with van der Waals surface area (Å²) in [4.78, 5) is 22.0. The maximum Gasteiger partial charge on any atom is 0.408 e. The Kier molecular flexibility index (Phi) is 2.90. The van der Waals surface area contributed by atoms with E-state index in [4.69, 9.17) is 5.11 Å². The number of cyclic esters (lactones) is 1. The molecular formula is C11H9F2NO4. The number of benzene rings is 1. The SMILES string of the molecule is O=C1N[C@@H](c2ccccc2C(=O)O)C(F)(F)CO1. The highest BCUT2D eigenvalue weighted by atomic mass is 19.3. The number of rotatable bonds is 2. The summed E-state index contributed by atoms with van der Waals surface area (Å²) in [6.07, 6.45) is -0.994. The van der Waals surface area contributed by atoms with Gasteiger partial charge in [-0.1, -0.05) is 18.2 Å². The van der Waals surface area contributed by atoms with Crippen molar-refractivity contribution < 1.29 is 28.2 Å². The Labute approximate surface area is 100 Å². The molecule has 0 radical (unpaired) electrons. The number of alkyl halides is 2. The summed E-state index contributed by atoms with van der Waals surface area (Å²) in [6.45, 7) is -1.07. The zero-order valence-electron chi connectivity index (χ0n) is 9.02. The fourth-order valence-corrected chi connectivity index (χ4v) is 1.76. The summed E-state index contributed by atoms with van der Waals surface area (Å²) in [6, 6.07) is 3.60. The zero-order valence-corrected chi connectivity index (χ0v) is 9.02. The minimum atomic E-state index is -3.36. The number of halogens is 2. The van der Waals surface area contributed by atoms with E-state index in [1.54, 1.807) is 0 Å². The summed E-state index contributed by atoms with van der Waals surface area (Å²) < 4.78 is 31.5. The molecule has 1 aromatic rings. The first-order valence-corrected chi connectivity index (χ1v) is 5.05. The molecule has 5 nitrogen and oxygen atoms in total. The van der Waals surface area contributed by atoms with Crippen LogP contribution in [0.5, 0.6) is 0 Å². The van der Waals surface area contributed by atoms with Crippen molar-refractivity contribution in [3.8, 4) is 0 Å². The molecule has 1 aliphatic rings. The number of carboxylic acid groups (broad SMARTS) is 1. The third-order valence-corrected chi connectivity index (χ3v) is 2.58. The van der Waals surface area contributed by atoms with E-state index in [9.17, 15) is 18.4 Å². The third kappa shape index (κ3) is 2.11. The minimum Gasteiger partial charge on any atom is -0.478 e. The van der Waals surface area contributed by atoms with Gasteiger partial charge in [0.25, 0.3) is 0 Å². The molecule has 1 aliphatic heterocycles. The van der Waals surface area contributed by atoms with Crippen molar-refractivity contribution in [1.82, 2.24) is 5.32 Å². The average Bonchev–Trinajstić information content (AvgIpc) is 2.32. The smallest absolute Gasteiger partial charge is 0.408 e. The largest absolute Gasteiger partial charge is 0.478 e. The second-order valence-electron chi connectivity index (χ2n) is 3.81. The molecule has 0 bridgehead atoms. The quantitative estimate of drug-likeness (QED) is 0.847. The Bertz CT molecular complexity index is 504. The van der Waals surface area contributed by atoms with Gasteiger partial charge in [-0.25, -0.2) is 18.4 Å². The number of carbonyl (C=O) groups is 2. The number of carboxylic acids is 1. The third-order valence-electron chi connectivity index (χ3n) is 2.58. The number of amides is 1. The van der Waals surface area contributed by atoms with E-state index in [1.165, 1.54) is 24.3 Å². The van der Waals surface area contributed by atoms with Crippen molar-refractivity contribution in [3.05, 3.63) is 35.4 Å². The molecule has 1 heterocycles. The molecule has 0 aromatic heterocycles. The van der Waals surface area contributed by atoms with E-state index in [0.29, 0.717) is 0 Å². The Morgan fingerprint density at radius 1 is 1.44 bits per heavy atom. The lowest BCUT2D eigenvalue weighted by Gasteiger charge is -2.32. The molecule has 1 aromatic carbocycles. The summed E-state index contributed by atoms with van der Waals surface area (Å²) in [5.41, 5.74) is -0.420. The van der Waals surface area contributed by atoms with E-state index in [2.05, 4.69) is 4.74 Å². The lowest BCUT2D eigenvalue weighted by molar-refractivity contribution is -0.104. The standard InChI is InChI=1S/C11H9F2NO4/c12-11(13)5-18-10(17)14-8(11)6-3-1-2-4-7(6)9(15)16/h1-4,8H,5H2,(H,14,17)(H,15,16)/t8-/m0/s1. The summed E-state index contributed by atoms with van der Waals surface area (Å²) in [5, 5.41) is 10.9. The van der Waals surface area contributed by atoms with Crippen molar-refractivity contribution in [1.29, 1.82) is 0 Å². The highest BCUT2D eigenvalue weighted by Gasteiger charge is 2.47. The summed E-state index contributed by atoms with van der Waals surface area (Å²) in [5.74, 6) is -4.69. The van der Waals surface area contributed by atoms with Gasteiger partial charge >= 0.3 is 18.0 Å². The monoisotopic (exact) mass is 257 g/mol. The first kappa shape index (κ1) is 12.3. The van der Waals surface area contributed by atoms with E-state index in [1.807, 2.05) is 5.32 Å². The second-order valence-corrected chi connectivity index (χ2v) is 3.81. The van der Waals surface area contributed by atoms with Crippen LogP contribution in [0.4, 0.5) is 13.6 Å². The number of alkyl carbamates (subject to hydrolysis) is 1. The van der Waals surface area contributed by atoms with Crippen LogP contribution in [0.15, 0.2) is 24.3 Å². The van der Waals surface area contributed by atoms with Gasteiger partial charge in [0.15, 0.2) is 6.61 Å². The first-order valence-electron chi connectivity index (χ1n) is 5.05. The average molecular weight is 257 g/mol. The van der Waals surface area contributed by atoms with Gasteiger partial charge in [-0.3, -0.25) is 0 Å². The van der Waals surface area contributed by atoms with Crippen molar-refractivity contribution in [2.75, 3.05) is 6.61 Å². The Hall–Kier alpha value is -2.18. The highest BCUT2D eigenvalue weighted by molar-refractivity contribution is 5.90. The fraction of sp³-hybridized carbons (Fsp3) is 0.273. The molecule has 1 atom stereocenters. The number of hydrogen-bond acceptors (Lipinski definition) is 3. The minimum absolute atomic E-state index is 0.147. The summed E-state index contributed by atoms with van der Waals surface area (Å²) in [7, 11) is 0. The van der Waals surface area contributed by atoms with Crippen molar-refractivity contribution in [2.45, 2.75) is 12.0 Å². The van der Waals surface area contributed by atoms with Crippen LogP contribution in [0.3, 0.4) is 0 Å². The molecule has 7 heteroatoms. The van der Waals surface area contributed by atoms with E-state index >= 15 is 0 Å². The van der Waals surface area contributed by atoms with E-state index < -0.39 is 30.6 Å². The maximum atomic E-state index is 13.6. The van der Waals surface area contributed by atoms with Gasteiger partial charge in [0.2, 0.25) is 0 Å². The maximum absolute atomic E-state index is 13.6. The summed E-state index contributed by atoms with van der Waals surface area (Å²) >= 11 is 0. The van der Waals surface area contributed by atoms with Crippen molar-refractivity contribution in [3.63, 3.8) is 0 Å². The molecule has 0 spiro atoms. The fourth-order valence-electron chi connectivity index (χ4n) is 1.76. The Morgan fingerprint density at radius 2 is 2.11 bits per heavy atom. The van der Waals surface area contributed by atoms with Crippen LogP contribution in [-0.4, -0.2) is 29.7 Å². The van der Waals surface area contributed by atoms with Crippen LogP contribution >= 0.6 is 0 Å². The topological polar surface area (TPSA) is 75.6 Å². The van der Waals surface area contributed by atoms with Crippen LogP contribution in [0.1, 0.15) is 22.0 Å². The molecule has 0 aliphatic carbocycles. The number of hydrogen-bond donors (Lipinski definition) is 2. The number of carbonyl (C=O) groups excluding carboxylic acids is 1. The number of aromatic carboxylic acids is 1. The van der Waals surface area contributed by atoms with Gasteiger partial charge in [-0.15, -0.1) is 0 Å². The van der Waals surface area contributed by atoms with Gasteiger partial charge in [0, 0.05) is 0 Å². The molecule has 1 saturated heterocycles. The second kappa shape index (κ2) is 4.25. The van der Waals surface area contributed by atoms with Crippen LogP contribution in [-0.2, 0) is 4.74 Å². The number of nitrogens with one attached hydrogen (secondary N) is 1. The molecular weight excluding hydrogens is 248 g/mol. The van der Waals surface area contributed by atoms with E-state index in [0.717, 1.165) is 0 Å². The van der Waals surface area contributed by atoms with Crippen molar-refractivity contribution >= 4 is 12.1 Å². The predicted molar refractivity (Wildman–Crippen MR) is 55.6 cm³/mol. The molecule has 1 amide bonds. The molecule has 18 heavy (non-hydrogen) atoms. The van der Waals surface area contributed by atoms with Gasteiger partial charge in [0.1, 0.15) is 6.04 Å². The van der Waals surface area contributed by atoms with Gasteiger partial charge in [0.05, 0.1) is 5.56 Å². The van der Waals surface area contributed by atoms with Gasteiger partial charge < -0.3 is 15.2 Å². The molecule has 1 fully saturated rings. The van der Waals surface area contributed by atoms with Crippen molar-refractivity contribution in [2.24, 2.45) is 0 Å². The predicted octanol–water partition coefficient (Wildman–Crippen LogP) is 1.80. The van der Waals surface area contributed by atoms with Crippen LogP contribution < -0.4 is 5.32 Å². The lowest BCUT2D eigenvalue weighted by atomic mass is 9.95. The van der Waals surface area contributed by atoms with Crippen LogP contribution in [0.25, 0.3) is 0 Å². The zero-order chi connectivity index (χ0) is 13.3. The van der Waals surface area contributed by atoms with E-state index in [-0.39, 0.29) is 11.1 Å². The van der Waals surface area contributed by atoms with Crippen LogP contribution in [0, 0.1) is 0 Å². The number of ether oxygens (including phenoxy) is 1. The molecule has 2 rings (SSSR count). The van der Waals surface area contributed by atoms with Gasteiger partial charge in [-0.2, -0.15) is 0 Å². The Balaban J connectivity index is 2.46. The van der Waals surface area contributed by atoms with Gasteiger partial charge in [-0.05, 0) is 11.6 Å². The molecule has 0 saturated carbocycles. The lowest BCUT2D eigenvalue weighted by Crippen LogP contribution is -2.50. The highest BCUT2D eigenvalue weighted by Crippen LogP contribution is 2.35. The molecule has 0 unspecified atom stereocenters. The molecule has 96 valence electrons. The molecule has 2 N–H and O–H groups in total.